The van der Waals surface area contributed by atoms with Gasteiger partial charge in [0.2, 0.25) is 0 Å². The molecule has 134 valence electrons. The third kappa shape index (κ3) is 5.36. The Morgan fingerprint density at radius 2 is 2.04 bits per heavy atom. The summed E-state index contributed by atoms with van der Waals surface area (Å²) in [5.41, 5.74) is 2.24. The smallest absolute Gasteiger partial charge is 0.193 e. The maximum absolute atomic E-state index is 4.77. The van der Waals surface area contributed by atoms with E-state index in [0.717, 1.165) is 43.5 Å². The first-order chi connectivity index (χ1) is 11.2. The van der Waals surface area contributed by atoms with Gasteiger partial charge in [0.15, 0.2) is 5.96 Å². The molecule has 2 aromatic rings. The van der Waals surface area contributed by atoms with Gasteiger partial charge >= 0.3 is 0 Å². The lowest BCUT2D eigenvalue weighted by Gasteiger charge is -2.21. The van der Waals surface area contributed by atoms with E-state index in [9.17, 15) is 0 Å². The standard InChI is InChI=1S/C18H29N5.HI/c1-5-7-13-22(4)18(19-6-2)20-12-14-23-15(3)21-16-10-8-9-11-17(16)23;/h8-11H,5-7,12-14H2,1-4H3,(H,19,20);1H. The van der Waals surface area contributed by atoms with Gasteiger partial charge in [-0.2, -0.15) is 0 Å². The Labute approximate surface area is 162 Å². The van der Waals surface area contributed by atoms with Crippen molar-refractivity contribution in [3.8, 4) is 0 Å². The maximum atomic E-state index is 4.77. The fraction of sp³-hybridized carbons (Fsp3) is 0.556. The van der Waals surface area contributed by atoms with Crippen molar-refractivity contribution in [2.24, 2.45) is 4.99 Å². The van der Waals surface area contributed by atoms with Crippen molar-refractivity contribution in [3.05, 3.63) is 30.1 Å². The minimum absolute atomic E-state index is 0. The van der Waals surface area contributed by atoms with Crippen molar-refractivity contribution in [1.29, 1.82) is 0 Å². The van der Waals surface area contributed by atoms with Gasteiger partial charge in [-0.1, -0.05) is 25.5 Å². The van der Waals surface area contributed by atoms with Crippen LogP contribution >= 0.6 is 24.0 Å². The van der Waals surface area contributed by atoms with Gasteiger partial charge in [-0.25, -0.2) is 4.98 Å². The molecule has 0 aliphatic rings. The van der Waals surface area contributed by atoms with Gasteiger partial charge in [-0.15, -0.1) is 24.0 Å². The van der Waals surface area contributed by atoms with E-state index in [1.54, 1.807) is 0 Å². The maximum Gasteiger partial charge on any atom is 0.193 e. The second-order valence-corrected chi connectivity index (χ2v) is 5.81. The highest BCUT2D eigenvalue weighted by molar-refractivity contribution is 14.0. The summed E-state index contributed by atoms with van der Waals surface area (Å²) in [6.45, 7) is 9.91. The van der Waals surface area contributed by atoms with Crippen LogP contribution in [0.4, 0.5) is 0 Å². The number of aromatic nitrogens is 2. The number of hydrogen-bond acceptors (Lipinski definition) is 2. The molecule has 1 heterocycles. The number of unbranched alkanes of at least 4 members (excludes halogenated alkanes) is 1. The quantitative estimate of drug-likeness (QED) is 0.404. The van der Waals surface area contributed by atoms with E-state index >= 15 is 0 Å². The van der Waals surface area contributed by atoms with Crippen LogP contribution < -0.4 is 5.32 Å². The number of rotatable bonds is 7. The van der Waals surface area contributed by atoms with Gasteiger partial charge < -0.3 is 14.8 Å². The fourth-order valence-corrected chi connectivity index (χ4v) is 2.70. The number of aliphatic imine (C=N–C) groups is 1. The van der Waals surface area contributed by atoms with E-state index in [1.165, 1.54) is 18.4 Å². The molecule has 0 unspecified atom stereocenters. The molecule has 0 radical (unpaired) electrons. The first-order valence-corrected chi connectivity index (χ1v) is 8.58. The van der Waals surface area contributed by atoms with Crippen molar-refractivity contribution < 1.29 is 0 Å². The number of guanidine groups is 1. The number of halogens is 1. The Morgan fingerprint density at radius 3 is 2.75 bits per heavy atom. The first-order valence-electron chi connectivity index (χ1n) is 8.58. The van der Waals surface area contributed by atoms with Crippen molar-refractivity contribution >= 4 is 41.0 Å². The molecule has 0 bridgehead atoms. The predicted molar refractivity (Wildman–Crippen MR) is 113 cm³/mol. The van der Waals surface area contributed by atoms with Crippen molar-refractivity contribution in [2.75, 3.05) is 26.7 Å². The molecule has 2 rings (SSSR count). The molecule has 0 aliphatic carbocycles. The summed E-state index contributed by atoms with van der Waals surface area (Å²) in [4.78, 5) is 11.6. The molecule has 1 aromatic carbocycles. The summed E-state index contributed by atoms with van der Waals surface area (Å²) in [5.74, 6) is 2.04. The number of benzene rings is 1. The highest BCUT2D eigenvalue weighted by Crippen LogP contribution is 2.15. The highest BCUT2D eigenvalue weighted by atomic mass is 127. The minimum atomic E-state index is 0. The summed E-state index contributed by atoms with van der Waals surface area (Å²) >= 11 is 0. The summed E-state index contributed by atoms with van der Waals surface area (Å²) in [5, 5.41) is 3.37. The number of hydrogen-bond donors (Lipinski definition) is 1. The zero-order valence-electron chi connectivity index (χ0n) is 15.2. The molecule has 0 amide bonds. The van der Waals surface area contributed by atoms with Gasteiger partial charge in [0.05, 0.1) is 17.6 Å². The van der Waals surface area contributed by atoms with Crippen LogP contribution in [-0.4, -0.2) is 47.1 Å². The van der Waals surface area contributed by atoms with Crippen LogP contribution in [0.2, 0.25) is 0 Å². The molecule has 0 spiro atoms. The van der Waals surface area contributed by atoms with Crippen LogP contribution in [0.15, 0.2) is 29.3 Å². The zero-order valence-corrected chi connectivity index (χ0v) is 17.6. The molecular formula is C18H30IN5. The average Bonchev–Trinajstić information content (AvgIpc) is 2.87. The predicted octanol–water partition coefficient (Wildman–Crippen LogP) is 3.66. The molecule has 0 fully saturated rings. The Bertz CT molecular complexity index is 650. The molecule has 0 aliphatic heterocycles. The van der Waals surface area contributed by atoms with Crippen molar-refractivity contribution in [1.82, 2.24) is 19.8 Å². The van der Waals surface area contributed by atoms with Gasteiger partial charge in [0.1, 0.15) is 5.82 Å². The van der Waals surface area contributed by atoms with Crippen LogP contribution in [0.1, 0.15) is 32.5 Å². The van der Waals surface area contributed by atoms with Crippen LogP contribution in [0.25, 0.3) is 11.0 Å². The molecule has 0 saturated heterocycles. The SMILES string of the molecule is CCCCN(C)C(=NCCn1c(C)nc2ccccc21)NCC.I. The van der Waals surface area contributed by atoms with Crippen LogP contribution in [0, 0.1) is 6.92 Å². The Balaban J connectivity index is 0.00000288. The summed E-state index contributed by atoms with van der Waals surface area (Å²) in [7, 11) is 2.11. The number of nitrogens with zero attached hydrogens (tertiary/aromatic N) is 4. The van der Waals surface area contributed by atoms with E-state index in [4.69, 9.17) is 4.99 Å². The monoisotopic (exact) mass is 443 g/mol. The number of fused-ring (bicyclic) bond motifs is 1. The van der Waals surface area contributed by atoms with E-state index in [1.807, 2.05) is 6.07 Å². The number of imidazole rings is 1. The zero-order chi connectivity index (χ0) is 16.7. The highest BCUT2D eigenvalue weighted by Gasteiger charge is 2.07. The third-order valence-electron chi connectivity index (χ3n) is 3.97. The molecule has 5 nitrogen and oxygen atoms in total. The van der Waals surface area contributed by atoms with Crippen LogP contribution in [0.5, 0.6) is 0 Å². The second-order valence-electron chi connectivity index (χ2n) is 5.81. The Morgan fingerprint density at radius 1 is 1.29 bits per heavy atom. The molecule has 6 heteroatoms. The molecule has 1 aromatic heterocycles. The molecule has 24 heavy (non-hydrogen) atoms. The Hall–Kier alpha value is -1.31. The molecule has 0 saturated carbocycles. The van der Waals surface area contributed by atoms with E-state index in [2.05, 4.69) is 65.8 Å². The number of aryl methyl sites for hydroxylation is 1. The van der Waals surface area contributed by atoms with Crippen LogP contribution in [-0.2, 0) is 6.54 Å². The summed E-state index contributed by atoms with van der Waals surface area (Å²) in [6, 6.07) is 8.28. The topological polar surface area (TPSA) is 45.5 Å². The molecular weight excluding hydrogens is 413 g/mol. The largest absolute Gasteiger partial charge is 0.357 e. The number of para-hydroxylation sites is 2. The summed E-state index contributed by atoms with van der Waals surface area (Å²) in [6.07, 6.45) is 2.39. The fourth-order valence-electron chi connectivity index (χ4n) is 2.70. The third-order valence-corrected chi connectivity index (χ3v) is 3.97. The Kier molecular flexibility index (Phi) is 9.10. The normalized spacial score (nSPS) is 11.4. The lowest BCUT2D eigenvalue weighted by molar-refractivity contribution is 0.464. The van der Waals surface area contributed by atoms with E-state index < -0.39 is 0 Å². The van der Waals surface area contributed by atoms with E-state index in [-0.39, 0.29) is 24.0 Å². The summed E-state index contributed by atoms with van der Waals surface area (Å²) < 4.78 is 2.24. The van der Waals surface area contributed by atoms with Crippen molar-refractivity contribution in [3.63, 3.8) is 0 Å². The minimum Gasteiger partial charge on any atom is -0.357 e. The van der Waals surface area contributed by atoms with Gasteiger partial charge in [-0.3, -0.25) is 4.99 Å². The van der Waals surface area contributed by atoms with Gasteiger partial charge in [-0.05, 0) is 32.4 Å². The lowest BCUT2D eigenvalue weighted by atomic mass is 10.3. The molecule has 0 atom stereocenters. The van der Waals surface area contributed by atoms with Gasteiger partial charge in [0, 0.05) is 26.7 Å². The molecule has 1 N–H and O–H groups in total. The first kappa shape index (κ1) is 20.7. The van der Waals surface area contributed by atoms with E-state index in [0.29, 0.717) is 0 Å². The lowest BCUT2D eigenvalue weighted by Crippen LogP contribution is -2.39. The second kappa shape index (κ2) is 10.5. The average molecular weight is 443 g/mol. The van der Waals surface area contributed by atoms with Crippen molar-refractivity contribution in [2.45, 2.75) is 40.2 Å². The van der Waals surface area contributed by atoms with Gasteiger partial charge in [0.25, 0.3) is 0 Å². The number of nitrogens with one attached hydrogen (secondary N) is 1. The van der Waals surface area contributed by atoms with Crippen LogP contribution in [0.3, 0.4) is 0 Å².